The van der Waals surface area contributed by atoms with Crippen molar-refractivity contribution in [1.29, 1.82) is 0 Å². The average molecular weight is 413 g/mol. The number of rotatable bonds is 3. The van der Waals surface area contributed by atoms with E-state index in [2.05, 4.69) is 37.0 Å². The van der Waals surface area contributed by atoms with Gasteiger partial charge in [0, 0.05) is 16.0 Å². The monoisotopic (exact) mass is 412 g/mol. The molecule has 0 unspecified atom stereocenters. The molecule has 146 valence electrons. The maximum absolute atomic E-state index is 13.2. The summed E-state index contributed by atoms with van der Waals surface area (Å²) in [6, 6.07) is 12.7. The molecular weight excluding hydrogens is 388 g/mol. The molecule has 0 aliphatic heterocycles. The number of hydrogen-bond donors (Lipinski definition) is 0. The van der Waals surface area contributed by atoms with Gasteiger partial charge in [0.05, 0.1) is 11.4 Å². The van der Waals surface area contributed by atoms with Crippen molar-refractivity contribution in [1.82, 2.24) is 4.57 Å². The van der Waals surface area contributed by atoms with Crippen LogP contribution in [0.15, 0.2) is 51.8 Å². The molecule has 2 aromatic carbocycles. The molecular formula is C22H24N2O2S2. The molecule has 0 N–H and O–H groups in total. The Morgan fingerprint density at radius 3 is 2.46 bits per heavy atom. The Morgan fingerprint density at radius 1 is 1.11 bits per heavy atom. The van der Waals surface area contributed by atoms with Crippen LogP contribution >= 0.6 is 11.3 Å². The van der Waals surface area contributed by atoms with Crippen molar-refractivity contribution in [2.75, 3.05) is 0 Å². The smallest absolute Gasteiger partial charge is 0.285 e. The van der Waals surface area contributed by atoms with Gasteiger partial charge in [0.1, 0.15) is 0 Å². The Balaban J connectivity index is 2.28. The summed E-state index contributed by atoms with van der Waals surface area (Å²) >= 11 is 1.42. The van der Waals surface area contributed by atoms with E-state index in [0.29, 0.717) is 16.7 Å². The van der Waals surface area contributed by atoms with Crippen molar-refractivity contribution < 1.29 is 8.42 Å². The van der Waals surface area contributed by atoms with Gasteiger partial charge in [0.15, 0.2) is 0 Å². The maximum atomic E-state index is 13.2. The molecule has 3 aromatic rings. The summed E-state index contributed by atoms with van der Waals surface area (Å²) < 4.78 is 32.5. The van der Waals surface area contributed by atoms with Crippen LogP contribution in [-0.2, 0) is 22.0 Å². The number of hydrogen-bond acceptors (Lipinski definition) is 3. The zero-order valence-corrected chi connectivity index (χ0v) is 18.4. The SMILES string of the molecule is CC#CCn1c(C)c(C(C)(C)C)s/c1=N\S(=O)(=O)c1cccc2ccccc12. The van der Waals surface area contributed by atoms with Crippen molar-refractivity contribution in [2.24, 2.45) is 4.40 Å². The van der Waals surface area contributed by atoms with Gasteiger partial charge in [-0.2, -0.15) is 8.42 Å². The van der Waals surface area contributed by atoms with E-state index >= 15 is 0 Å². The summed E-state index contributed by atoms with van der Waals surface area (Å²) in [5.74, 6) is 5.91. The summed E-state index contributed by atoms with van der Waals surface area (Å²) in [5, 5.41) is 1.55. The van der Waals surface area contributed by atoms with E-state index < -0.39 is 10.0 Å². The normalized spacial score (nSPS) is 12.8. The lowest BCUT2D eigenvalue weighted by atomic mass is 9.93. The van der Waals surface area contributed by atoms with Crippen molar-refractivity contribution in [3.05, 3.63) is 57.8 Å². The van der Waals surface area contributed by atoms with Crippen LogP contribution in [0.4, 0.5) is 0 Å². The van der Waals surface area contributed by atoms with Gasteiger partial charge in [-0.3, -0.25) is 0 Å². The fourth-order valence-electron chi connectivity index (χ4n) is 3.17. The molecule has 4 nitrogen and oxygen atoms in total. The van der Waals surface area contributed by atoms with Crippen molar-refractivity contribution in [3.63, 3.8) is 0 Å². The van der Waals surface area contributed by atoms with E-state index in [-0.39, 0.29) is 10.3 Å². The number of fused-ring (bicyclic) bond motifs is 1. The Labute approximate surface area is 170 Å². The minimum atomic E-state index is -3.87. The molecule has 3 rings (SSSR count). The summed E-state index contributed by atoms with van der Waals surface area (Å²) in [4.78, 5) is 1.79. The van der Waals surface area contributed by atoms with Gasteiger partial charge in [-0.05, 0) is 30.7 Å². The summed E-state index contributed by atoms with van der Waals surface area (Å²) in [6.07, 6.45) is 0. The van der Waals surface area contributed by atoms with Gasteiger partial charge in [-0.1, -0.05) is 63.1 Å². The second kappa shape index (κ2) is 7.57. The standard InChI is InChI=1S/C22H24N2O2S2/c1-6-7-15-24-16(2)20(22(3,4)5)27-21(24)23-28(25,26)19-14-10-12-17-11-8-9-13-18(17)19/h8-14H,15H2,1-5H3/b23-21-. The van der Waals surface area contributed by atoms with E-state index in [1.54, 1.807) is 19.1 Å². The minimum Gasteiger partial charge on any atom is -0.309 e. The molecule has 0 aliphatic rings. The summed E-state index contributed by atoms with van der Waals surface area (Å²) in [6.45, 7) is 10.5. The molecule has 0 bridgehead atoms. The van der Waals surface area contributed by atoms with E-state index in [1.807, 2.05) is 41.8 Å². The molecule has 6 heteroatoms. The molecule has 0 fully saturated rings. The van der Waals surface area contributed by atoms with Crippen LogP contribution in [0.2, 0.25) is 0 Å². The molecule has 0 saturated carbocycles. The van der Waals surface area contributed by atoms with Gasteiger partial charge in [-0.15, -0.1) is 21.7 Å². The first kappa shape index (κ1) is 20.4. The molecule has 28 heavy (non-hydrogen) atoms. The van der Waals surface area contributed by atoms with Gasteiger partial charge in [0.25, 0.3) is 10.0 Å². The molecule has 0 aliphatic carbocycles. The van der Waals surface area contributed by atoms with Crippen molar-refractivity contribution >= 4 is 32.1 Å². The maximum Gasteiger partial charge on any atom is 0.285 e. The van der Waals surface area contributed by atoms with Crippen LogP contribution in [0.5, 0.6) is 0 Å². The third-order valence-corrected chi connectivity index (χ3v) is 7.53. The highest BCUT2D eigenvalue weighted by Crippen LogP contribution is 2.29. The van der Waals surface area contributed by atoms with Crippen LogP contribution in [0.25, 0.3) is 10.8 Å². The van der Waals surface area contributed by atoms with Crippen LogP contribution in [0.1, 0.15) is 38.3 Å². The number of thiazole rings is 1. The lowest BCUT2D eigenvalue weighted by Gasteiger charge is -2.17. The minimum absolute atomic E-state index is 0.104. The van der Waals surface area contributed by atoms with E-state index in [4.69, 9.17) is 0 Å². The van der Waals surface area contributed by atoms with Crippen LogP contribution in [-0.4, -0.2) is 13.0 Å². The van der Waals surface area contributed by atoms with Gasteiger partial charge in [0.2, 0.25) is 4.80 Å². The predicted molar refractivity (Wildman–Crippen MR) is 116 cm³/mol. The molecule has 1 aromatic heterocycles. The molecule has 0 atom stereocenters. The van der Waals surface area contributed by atoms with Crippen LogP contribution in [0.3, 0.4) is 0 Å². The third-order valence-electron chi connectivity index (χ3n) is 4.48. The van der Waals surface area contributed by atoms with E-state index in [0.717, 1.165) is 16.0 Å². The van der Waals surface area contributed by atoms with Crippen LogP contribution in [0, 0.1) is 18.8 Å². The van der Waals surface area contributed by atoms with Crippen molar-refractivity contribution in [2.45, 2.75) is 51.5 Å². The molecule has 1 heterocycles. The Bertz CT molecular complexity index is 1260. The van der Waals surface area contributed by atoms with E-state index in [1.165, 1.54) is 11.3 Å². The average Bonchev–Trinajstić information content (AvgIpc) is 2.94. The number of sulfonamides is 1. The second-order valence-corrected chi connectivity index (χ2v) is 10.2. The molecule has 0 radical (unpaired) electrons. The van der Waals surface area contributed by atoms with Gasteiger partial charge < -0.3 is 4.57 Å². The third kappa shape index (κ3) is 3.91. The molecule has 0 spiro atoms. The lowest BCUT2D eigenvalue weighted by Crippen LogP contribution is -2.18. The zero-order valence-electron chi connectivity index (χ0n) is 16.8. The van der Waals surface area contributed by atoms with Gasteiger partial charge in [-0.25, -0.2) is 0 Å². The first-order chi connectivity index (χ1) is 13.1. The fourth-order valence-corrected chi connectivity index (χ4v) is 5.79. The molecule has 0 saturated heterocycles. The number of nitrogens with zero attached hydrogens (tertiary/aromatic N) is 2. The quantitative estimate of drug-likeness (QED) is 0.589. The Kier molecular flexibility index (Phi) is 5.51. The first-order valence-corrected chi connectivity index (χ1v) is 11.3. The van der Waals surface area contributed by atoms with Crippen molar-refractivity contribution in [3.8, 4) is 11.8 Å². The first-order valence-electron chi connectivity index (χ1n) is 9.04. The highest BCUT2D eigenvalue weighted by molar-refractivity contribution is 7.90. The fraction of sp³-hybridized carbons (Fsp3) is 0.318. The summed E-state index contributed by atoms with van der Waals surface area (Å²) in [7, 11) is -3.87. The van der Waals surface area contributed by atoms with Crippen LogP contribution < -0.4 is 4.80 Å². The second-order valence-electron chi connectivity index (χ2n) is 7.61. The lowest BCUT2D eigenvalue weighted by molar-refractivity contribution is 0.589. The van der Waals surface area contributed by atoms with E-state index in [9.17, 15) is 8.42 Å². The Morgan fingerprint density at radius 2 is 1.79 bits per heavy atom. The number of aromatic nitrogens is 1. The topological polar surface area (TPSA) is 51.4 Å². The highest BCUT2D eigenvalue weighted by atomic mass is 32.2. The number of benzene rings is 2. The molecule has 0 amide bonds. The van der Waals surface area contributed by atoms with Gasteiger partial charge >= 0.3 is 0 Å². The largest absolute Gasteiger partial charge is 0.309 e. The summed E-state index contributed by atoms with van der Waals surface area (Å²) in [5.41, 5.74) is 0.903. The predicted octanol–water partition coefficient (Wildman–Crippen LogP) is 4.62. The Hall–Kier alpha value is -2.36. The highest BCUT2D eigenvalue weighted by Gasteiger charge is 2.23. The zero-order chi connectivity index (χ0) is 20.5.